The lowest BCUT2D eigenvalue weighted by Crippen LogP contribution is -2.60. The maximum absolute atomic E-state index is 12.2. The van der Waals surface area contributed by atoms with E-state index in [4.69, 9.17) is 0 Å². The van der Waals surface area contributed by atoms with E-state index in [2.05, 4.69) is 22.9 Å². The summed E-state index contributed by atoms with van der Waals surface area (Å²) >= 11 is 0. The summed E-state index contributed by atoms with van der Waals surface area (Å²) in [5.74, 6) is -0.0329. The number of hydrogen-bond donors (Lipinski definition) is 3. The van der Waals surface area contributed by atoms with Crippen LogP contribution in [0.5, 0.6) is 0 Å². The van der Waals surface area contributed by atoms with Gasteiger partial charge in [-0.05, 0) is 13.3 Å². The zero-order valence-corrected chi connectivity index (χ0v) is 10.2. The molecule has 2 aliphatic rings. The average Bonchev–Trinajstić information content (AvgIpc) is 2.54. The van der Waals surface area contributed by atoms with Gasteiger partial charge in [-0.1, -0.05) is 0 Å². The van der Waals surface area contributed by atoms with E-state index in [9.17, 15) is 9.59 Å². The molecule has 0 aliphatic carbocycles. The molecule has 2 amide bonds. The minimum atomic E-state index is -0.197. The van der Waals surface area contributed by atoms with Crippen molar-refractivity contribution in [2.45, 2.75) is 25.4 Å². The number of hydrogen-bond acceptors (Lipinski definition) is 4. The predicted molar refractivity (Wildman–Crippen MR) is 63.5 cm³/mol. The molecule has 17 heavy (non-hydrogen) atoms. The number of rotatable bonds is 1. The Bertz CT molecular complexity index is 300. The molecule has 6 nitrogen and oxygen atoms in total. The molecule has 2 atom stereocenters. The second kappa shape index (κ2) is 5.46. The molecule has 6 heteroatoms. The Morgan fingerprint density at radius 1 is 1.35 bits per heavy atom. The van der Waals surface area contributed by atoms with E-state index in [-0.39, 0.29) is 24.4 Å². The molecule has 2 unspecified atom stereocenters. The lowest BCUT2D eigenvalue weighted by Gasteiger charge is -2.31. The summed E-state index contributed by atoms with van der Waals surface area (Å²) in [6.45, 7) is 5.01. The van der Waals surface area contributed by atoms with Crippen molar-refractivity contribution < 1.29 is 9.59 Å². The second-order valence-corrected chi connectivity index (χ2v) is 4.73. The number of nitrogens with zero attached hydrogens (tertiary/aromatic N) is 1. The van der Waals surface area contributed by atoms with Gasteiger partial charge in [0.2, 0.25) is 11.8 Å². The van der Waals surface area contributed by atoms with Gasteiger partial charge in [0, 0.05) is 32.2 Å². The summed E-state index contributed by atoms with van der Waals surface area (Å²) in [5, 5.41) is 9.25. The van der Waals surface area contributed by atoms with Gasteiger partial charge in [0.15, 0.2) is 0 Å². The van der Waals surface area contributed by atoms with Gasteiger partial charge < -0.3 is 20.9 Å². The summed E-state index contributed by atoms with van der Waals surface area (Å²) in [6.07, 6.45) is 0.827. The maximum atomic E-state index is 12.2. The largest absolute Gasteiger partial charge is 0.354 e. The molecule has 2 fully saturated rings. The maximum Gasteiger partial charge on any atom is 0.241 e. The van der Waals surface area contributed by atoms with Crippen LogP contribution in [0.4, 0.5) is 0 Å². The third kappa shape index (κ3) is 3.17. The van der Waals surface area contributed by atoms with Crippen LogP contribution in [0.15, 0.2) is 0 Å². The van der Waals surface area contributed by atoms with Gasteiger partial charge in [0.25, 0.3) is 0 Å². The van der Waals surface area contributed by atoms with Crippen molar-refractivity contribution in [2.75, 3.05) is 32.7 Å². The Labute approximate surface area is 101 Å². The average molecular weight is 240 g/mol. The van der Waals surface area contributed by atoms with Crippen molar-refractivity contribution in [2.24, 2.45) is 0 Å². The first kappa shape index (κ1) is 12.3. The van der Waals surface area contributed by atoms with Crippen LogP contribution in [0.3, 0.4) is 0 Å². The smallest absolute Gasteiger partial charge is 0.241 e. The molecular weight excluding hydrogens is 220 g/mol. The van der Waals surface area contributed by atoms with Gasteiger partial charge in [0.1, 0.15) is 0 Å². The van der Waals surface area contributed by atoms with Crippen LogP contribution in [0.2, 0.25) is 0 Å². The summed E-state index contributed by atoms with van der Waals surface area (Å²) < 4.78 is 0. The van der Waals surface area contributed by atoms with Crippen molar-refractivity contribution in [3.05, 3.63) is 0 Å². The molecule has 0 bridgehead atoms. The molecular formula is C11H20N4O2. The molecule has 0 spiro atoms. The zero-order valence-electron chi connectivity index (χ0n) is 10.2. The molecule has 2 heterocycles. The van der Waals surface area contributed by atoms with E-state index in [1.807, 2.05) is 0 Å². The van der Waals surface area contributed by atoms with Crippen LogP contribution in [0.25, 0.3) is 0 Å². The summed E-state index contributed by atoms with van der Waals surface area (Å²) in [5.41, 5.74) is 0. The quantitative estimate of drug-likeness (QED) is 0.510. The highest BCUT2D eigenvalue weighted by atomic mass is 16.2. The summed E-state index contributed by atoms with van der Waals surface area (Å²) in [4.78, 5) is 25.2. The van der Waals surface area contributed by atoms with Crippen LogP contribution in [0.1, 0.15) is 13.3 Å². The van der Waals surface area contributed by atoms with Gasteiger partial charge >= 0.3 is 0 Å². The molecule has 3 N–H and O–H groups in total. The van der Waals surface area contributed by atoms with Crippen LogP contribution in [0, 0.1) is 0 Å². The van der Waals surface area contributed by atoms with E-state index in [0.717, 1.165) is 13.0 Å². The van der Waals surface area contributed by atoms with Crippen molar-refractivity contribution in [3.8, 4) is 0 Å². The molecule has 0 radical (unpaired) electrons. The predicted octanol–water partition coefficient (Wildman–Crippen LogP) is -1.72. The molecule has 0 aromatic carbocycles. The number of carbonyl (C=O) groups excluding carboxylic acids is 2. The minimum absolute atomic E-state index is 0.0291. The fourth-order valence-electron chi connectivity index (χ4n) is 2.17. The van der Waals surface area contributed by atoms with Crippen molar-refractivity contribution in [1.82, 2.24) is 20.9 Å². The van der Waals surface area contributed by atoms with E-state index < -0.39 is 0 Å². The Balaban J connectivity index is 1.91. The van der Waals surface area contributed by atoms with Gasteiger partial charge in [-0.25, -0.2) is 0 Å². The lowest BCUT2D eigenvalue weighted by molar-refractivity contribution is -0.137. The second-order valence-electron chi connectivity index (χ2n) is 4.73. The Kier molecular flexibility index (Phi) is 3.96. The number of amides is 2. The van der Waals surface area contributed by atoms with E-state index in [1.54, 1.807) is 4.90 Å². The van der Waals surface area contributed by atoms with Gasteiger partial charge in [-0.3, -0.25) is 9.59 Å². The van der Waals surface area contributed by atoms with Crippen LogP contribution in [-0.4, -0.2) is 61.5 Å². The fourth-order valence-corrected chi connectivity index (χ4v) is 2.17. The van der Waals surface area contributed by atoms with E-state index in [1.165, 1.54) is 0 Å². The monoisotopic (exact) mass is 240 g/mol. The first-order chi connectivity index (χ1) is 8.16. The molecule has 2 rings (SSSR count). The first-order valence-electron chi connectivity index (χ1n) is 6.19. The molecule has 2 saturated heterocycles. The van der Waals surface area contributed by atoms with Crippen LogP contribution in [-0.2, 0) is 9.59 Å². The topological polar surface area (TPSA) is 73.5 Å². The Morgan fingerprint density at radius 3 is 2.88 bits per heavy atom. The van der Waals surface area contributed by atoms with Gasteiger partial charge in [-0.15, -0.1) is 0 Å². The van der Waals surface area contributed by atoms with Crippen molar-refractivity contribution in [3.63, 3.8) is 0 Å². The molecule has 0 saturated carbocycles. The number of piperazine rings is 1. The molecule has 0 aromatic heterocycles. The van der Waals surface area contributed by atoms with E-state index >= 15 is 0 Å². The van der Waals surface area contributed by atoms with Crippen LogP contribution < -0.4 is 16.0 Å². The Hall–Kier alpha value is -1.14. The third-order valence-electron chi connectivity index (χ3n) is 3.21. The number of carbonyl (C=O) groups is 2. The highest BCUT2D eigenvalue weighted by molar-refractivity contribution is 5.88. The third-order valence-corrected chi connectivity index (χ3v) is 3.21. The highest BCUT2D eigenvalue weighted by Gasteiger charge is 2.29. The number of nitrogens with one attached hydrogen (secondary N) is 3. The lowest BCUT2D eigenvalue weighted by atomic mass is 10.1. The SMILES string of the molecule is CC1CNC(C(=O)N2CCCNC(=O)C2)CN1. The van der Waals surface area contributed by atoms with Crippen molar-refractivity contribution >= 4 is 11.8 Å². The normalized spacial score (nSPS) is 30.6. The fraction of sp³-hybridized carbons (Fsp3) is 0.818. The molecule has 0 aromatic rings. The zero-order chi connectivity index (χ0) is 12.3. The van der Waals surface area contributed by atoms with Crippen LogP contribution >= 0.6 is 0 Å². The standard InChI is InChI=1S/C11H20N4O2/c1-8-5-14-9(6-13-8)11(17)15-4-2-3-12-10(16)7-15/h8-9,13-14H,2-7H2,1H3,(H,12,16). The summed E-state index contributed by atoms with van der Waals surface area (Å²) in [6, 6.07) is 0.198. The molecule has 2 aliphatic heterocycles. The summed E-state index contributed by atoms with van der Waals surface area (Å²) in [7, 11) is 0. The highest BCUT2D eigenvalue weighted by Crippen LogP contribution is 2.03. The van der Waals surface area contributed by atoms with Gasteiger partial charge in [-0.2, -0.15) is 0 Å². The van der Waals surface area contributed by atoms with Gasteiger partial charge in [0.05, 0.1) is 12.6 Å². The Morgan fingerprint density at radius 2 is 2.18 bits per heavy atom. The first-order valence-corrected chi connectivity index (χ1v) is 6.19. The minimum Gasteiger partial charge on any atom is -0.354 e. The molecule has 96 valence electrons. The van der Waals surface area contributed by atoms with Crippen molar-refractivity contribution in [1.29, 1.82) is 0 Å². The van der Waals surface area contributed by atoms with E-state index in [0.29, 0.717) is 25.7 Å².